The zero-order chi connectivity index (χ0) is 27.2. The molecular weight excluding hydrogens is 484 g/mol. The minimum Gasteiger partial charge on any atom is -0.343 e. The molecule has 3 heterocycles. The van der Waals surface area contributed by atoms with E-state index in [4.69, 9.17) is 4.98 Å². The summed E-state index contributed by atoms with van der Waals surface area (Å²) in [6.45, 7) is 9.03. The van der Waals surface area contributed by atoms with Crippen LogP contribution in [0.25, 0.3) is 22.5 Å². The SMILES string of the molecule is CCN(CC)C(=O)C1CCCN(C2CCN(C(=O)c3cc(-c4ccccc4)nc(-c4ccccc4)c3)CC2)C1. The van der Waals surface area contributed by atoms with E-state index in [0.717, 1.165) is 87.5 Å². The lowest BCUT2D eigenvalue weighted by Gasteiger charge is -2.42. The van der Waals surface area contributed by atoms with Gasteiger partial charge in [0, 0.05) is 55.5 Å². The fraction of sp³-hybridized carbons (Fsp3) is 0.424. The third kappa shape index (κ3) is 6.22. The number of aromatic nitrogens is 1. The van der Waals surface area contributed by atoms with Gasteiger partial charge in [0.2, 0.25) is 5.91 Å². The number of hydrogen-bond acceptors (Lipinski definition) is 4. The van der Waals surface area contributed by atoms with E-state index in [0.29, 0.717) is 17.5 Å². The van der Waals surface area contributed by atoms with Crippen LogP contribution in [0.5, 0.6) is 0 Å². The Bertz CT molecular complexity index is 1190. The summed E-state index contributed by atoms with van der Waals surface area (Å²) in [5, 5.41) is 0. The first-order valence-corrected chi connectivity index (χ1v) is 14.5. The van der Waals surface area contributed by atoms with Gasteiger partial charge in [0.15, 0.2) is 0 Å². The predicted octanol–water partition coefficient (Wildman–Crippen LogP) is 5.60. The molecule has 0 spiro atoms. The van der Waals surface area contributed by atoms with Gasteiger partial charge in [-0.05, 0) is 58.2 Å². The highest BCUT2D eigenvalue weighted by molar-refractivity contribution is 5.96. The van der Waals surface area contributed by atoms with Crippen LogP contribution >= 0.6 is 0 Å². The summed E-state index contributed by atoms with van der Waals surface area (Å²) in [5.41, 5.74) is 4.31. The maximum Gasteiger partial charge on any atom is 0.254 e. The molecular formula is C33H40N4O2. The Morgan fingerprint density at radius 2 is 1.38 bits per heavy atom. The summed E-state index contributed by atoms with van der Waals surface area (Å²) < 4.78 is 0. The lowest BCUT2D eigenvalue weighted by molar-refractivity contribution is -0.137. The third-order valence-corrected chi connectivity index (χ3v) is 8.36. The first-order valence-electron chi connectivity index (χ1n) is 14.5. The van der Waals surface area contributed by atoms with Crippen LogP contribution in [0.3, 0.4) is 0 Å². The Balaban J connectivity index is 1.29. The first-order chi connectivity index (χ1) is 19.1. The van der Waals surface area contributed by atoms with Gasteiger partial charge < -0.3 is 9.80 Å². The highest BCUT2D eigenvalue weighted by Gasteiger charge is 2.34. The van der Waals surface area contributed by atoms with Crippen LogP contribution in [-0.4, -0.2) is 76.8 Å². The van der Waals surface area contributed by atoms with E-state index in [1.807, 2.05) is 82.6 Å². The largest absolute Gasteiger partial charge is 0.343 e. The molecule has 5 rings (SSSR count). The van der Waals surface area contributed by atoms with Crippen LogP contribution in [0.2, 0.25) is 0 Å². The highest BCUT2D eigenvalue weighted by atomic mass is 16.2. The molecule has 204 valence electrons. The van der Waals surface area contributed by atoms with Crippen molar-refractivity contribution in [1.82, 2.24) is 19.7 Å². The summed E-state index contributed by atoms with van der Waals surface area (Å²) in [4.78, 5) is 38.2. The fourth-order valence-electron chi connectivity index (χ4n) is 6.12. The number of carbonyl (C=O) groups is 2. The summed E-state index contributed by atoms with van der Waals surface area (Å²) >= 11 is 0. The van der Waals surface area contributed by atoms with E-state index < -0.39 is 0 Å². The van der Waals surface area contributed by atoms with Crippen molar-refractivity contribution >= 4 is 11.8 Å². The van der Waals surface area contributed by atoms with E-state index in [9.17, 15) is 9.59 Å². The number of hydrogen-bond donors (Lipinski definition) is 0. The number of nitrogens with zero attached hydrogens (tertiary/aromatic N) is 4. The maximum atomic E-state index is 13.8. The second-order valence-electron chi connectivity index (χ2n) is 10.7. The molecule has 2 fully saturated rings. The number of amides is 2. The second-order valence-corrected chi connectivity index (χ2v) is 10.7. The zero-order valence-electron chi connectivity index (χ0n) is 23.3. The van der Waals surface area contributed by atoms with Gasteiger partial charge in [-0.2, -0.15) is 0 Å². The summed E-state index contributed by atoms with van der Waals surface area (Å²) in [7, 11) is 0. The number of likely N-dealkylation sites (tertiary alicyclic amines) is 2. The van der Waals surface area contributed by atoms with Crippen LogP contribution in [0.1, 0.15) is 49.9 Å². The van der Waals surface area contributed by atoms with Gasteiger partial charge in [0.05, 0.1) is 17.3 Å². The van der Waals surface area contributed by atoms with Crippen LogP contribution in [0.15, 0.2) is 72.8 Å². The summed E-state index contributed by atoms with van der Waals surface area (Å²) in [5.74, 6) is 0.472. The molecule has 0 radical (unpaired) electrons. The molecule has 2 aliphatic heterocycles. The van der Waals surface area contributed by atoms with Gasteiger partial charge >= 0.3 is 0 Å². The van der Waals surface area contributed by atoms with Crippen LogP contribution in [0.4, 0.5) is 0 Å². The molecule has 0 saturated carbocycles. The van der Waals surface area contributed by atoms with Gasteiger partial charge in [-0.25, -0.2) is 4.98 Å². The van der Waals surface area contributed by atoms with Crippen molar-refractivity contribution in [3.63, 3.8) is 0 Å². The molecule has 6 heteroatoms. The molecule has 1 unspecified atom stereocenters. The van der Waals surface area contributed by atoms with Crippen molar-refractivity contribution < 1.29 is 9.59 Å². The minimum atomic E-state index is 0.0680. The molecule has 2 amide bonds. The van der Waals surface area contributed by atoms with E-state index in [2.05, 4.69) is 18.7 Å². The van der Waals surface area contributed by atoms with Crippen molar-refractivity contribution in [3.8, 4) is 22.5 Å². The van der Waals surface area contributed by atoms with Gasteiger partial charge in [-0.15, -0.1) is 0 Å². The lowest BCUT2D eigenvalue weighted by Crippen LogP contribution is -2.52. The van der Waals surface area contributed by atoms with E-state index in [1.165, 1.54) is 0 Å². The fourth-order valence-corrected chi connectivity index (χ4v) is 6.12. The molecule has 0 bridgehead atoms. The third-order valence-electron chi connectivity index (χ3n) is 8.36. The predicted molar refractivity (Wildman–Crippen MR) is 156 cm³/mol. The molecule has 39 heavy (non-hydrogen) atoms. The Morgan fingerprint density at radius 1 is 0.821 bits per heavy atom. The van der Waals surface area contributed by atoms with E-state index in [1.54, 1.807) is 0 Å². The molecule has 2 aliphatic rings. The van der Waals surface area contributed by atoms with Gasteiger partial charge in [0.1, 0.15) is 0 Å². The van der Waals surface area contributed by atoms with E-state index >= 15 is 0 Å². The minimum absolute atomic E-state index is 0.0680. The number of carbonyl (C=O) groups excluding carboxylic acids is 2. The topological polar surface area (TPSA) is 56.8 Å². The second kappa shape index (κ2) is 12.6. The Morgan fingerprint density at radius 3 is 1.92 bits per heavy atom. The van der Waals surface area contributed by atoms with Crippen molar-refractivity contribution in [2.75, 3.05) is 39.3 Å². The lowest BCUT2D eigenvalue weighted by atomic mass is 9.92. The average Bonchev–Trinajstić information content (AvgIpc) is 3.02. The van der Waals surface area contributed by atoms with Crippen LogP contribution in [-0.2, 0) is 4.79 Å². The van der Waals surface area contributed by atoms with Crippen LogP contribution < -0.4 is 0 Å². The zero-order valence-corrected chi connectivity index (χ0v) is 23.3. The summed E-state index contributed by atoms with van der Waals surface area (Å²) in [6.07, 6.45) is 3.94. The molecule has 3 aromatic rings. The molecule has 1 atom stereocenters. The Kier molecular flexibility index (Phi) is 8.72. The van der Waals surface area contributed by atoms with Crippen molar-refractivity contribution in [3.05, 3.63) is 78.4 Å². The average molecular weight is 525 g/mol. The number of rotatable bonds is 7. The monoisotopic (exact) mass is 524 g/mol. The van der Waals surface area contributed by atoms with Crippen molar-refractivity contribution in [1.29, 1.82) is 0 Å². The highest BCUT2D eigenvalue weighted by Crippen LogP contribution is 2.28. The summed E-state index contributed by atoms with van der Waals surface area (Å²) in [6, 6.07) is 24.4. The Labute approximate surface area is 232 Å². The van der Waals surface area contributed by atoms with Crippen molar-refractivity contribution in [2.24, 2.45) is 5.92 Å². The van der Waals surface area contributed by atoms with Gasteiger partial charge in [-0.1, -0.05) is 60.7 Å². The molecule has 1 aromatic heterocycles. The number of benzene rings is 2. The smallest absolute Gasteiger partial charge is 0.254 e. The van der Waals surface area contributed by atoms with Crippen molar-refractivity contribution in [2.45, 2.75) is 45.6 Å². The number of pyridine rings is 1. The van der Waals surface area contributed by atoms with Gasteiger partial charge in [0.25, 0.3) is 5.91 Å². The quantitative estimate of drug-likeness (QED) is 0.404. The molecule has 2 aromatic carbocycles. The Hall–Kier alpha value is -3.51. The first kappa shape index (κ1) is 27.1. The molecule has 0 aliphatic carbocycles. The standard InChI is InChI=1S/C33H40N4O2/c1-3-35(4-2)32(38)27-16-11-19-37(24-27)29-17-20-36(21-18-29)33(39)28-22-30(25-12-7-5-8-13-25)34-31(23-28)26-14-9-6-10-15-26/h5-10,12-15,22-23,27,29H,3-4,11,16-21,24H2,1-2H3. The van der Waals surface area contributed by atoms with E-state index in [-0.39, 0.29) is 11.8 Å². The maximum absolute atomic E-state index is 13.8. The molecule has 0 N–H and O–H groups in total. The molecule has 6 nitrogen and oxygen atoms in total. The molecule has 2 saturated heterocycles. The van der Waals surface area contributed by atoms with Crippen LogP contribution in [0, 0.1) is 5.92 Å². The normalized spacial score (nSPS) is 18.6. The number of piperidine rings is 2. The van der Waals surface area contributed by atoms with Gasteiger partial charge in [-0.3, -0.25) is 14.5 Å².